The van der Waals surface area contributed by atoms with Crippen molar-refractivity contribution in [3.8, 4) is 0 Å². The molecule has 1 N–H and O–H groups in total. The highest BCUT2D eigenvalue weighted by molar-refractivity contribution is 5.93. The minimum absolute atomic E-state index is 0.320. The van der Waals surface area contributed by atoms with E-state index < -0.39 is 5.97 Å². The van der Waals surface area contributed by atoms with Crippen LogP contribution in [0.25, 0.3) is 10.9 Å². The number of carboxylic acids is 1. The summed E-state index contributed by atoms with van der Waals surface area (Å²) in [5, 5.41) is 10.1. The number of benzene rings is 2. The molecule has 0 saturated heterocycles. The van der Waals surface area contributed by atoms with Gasteiger partial charge in [-0.05, 0) is 29.1 Å². The largest absolute Gasteiger partial charge is 0.478 e. The van der Waals surface area contributed by atoms with Crippen molar-refractivity contribution in [1.29, 1.82) is 0 Å². The van der Waals surface area contributed by atoms with Crippen LogP contribution in [0.4, 0.5) is 0 Å². The highest BCUT2D eigenvalue weighted by Crippen LogP contribution is 2.19. The Morgan fingerprint density at radius 1 is 1.05 bits per heavy atom. The molecule has 0 saturated carbocycles. The Kier molecular flexibility index (Phi) is 2.80. The van der Waals surface area contributed by atoms with Gasteiger partial charge in [-0.3, -0.25) is 0 Å². The molecular formula is C16H13NO2. The quantitative estimate of drug-likeness (QED) is 0.775. The van der Waals surface area contributed by atoms with Crippen molar-refractivity contribution in [1.82, 2.24) is 4.57 Å². The van der Waals surface area contributed by atoms with E-state index in [2.05, 4.69) is 16.7 Å². The summed E-state index contributed by atoms with van der Waals surface area (Å²) in [5.41, 5.74) is 2.46. The van der Waals surface area contributed by atoms with E-state index in [0.717, 1.165) is 17.4 Å². The lowest BCUT2D eigenvalue weighted by Crippen LogP contribution is -2.00. The van der Waals surface area contributed by atoms with Crippen LogP contribution in [0.3, 0.4) is 0 Å². The van der Waals surface area contributed by atoms with Gasteiger partial charge in [0.25, 0.3) is 0 Å². The normalized spacial score (nSPS) is 10.7. The minimum Gasteiger partial charge on any atom is -0.478 e. The van der Waals surface area contributed by atoms with Gasteiger partial charge in [0.15, 0.2) is 0 Å². The van der Waals surface area contributed by atoms with Gasteiger partial charge in [-0.2, -0.15) is 0 Å². The number of nitrogens with zero attached hydrogens (tertiary/aromatic N) is 1. The van der Waals surface area contributed by atoms with Crippen molar-refractivity contribution < 1.29 is 9.90 Å². The number of carbonyl (C=O) groups is 1. The van der Waals surface area contributed by atoms with E-state index in [0.29, 0.717) is 5.56 Å². The molecule has 0 bridgehead atoms. The fraction of sp³-hybridized carbons (Fsp3) is 0.0625. The zero-order valence-electron chi connectivity index (χ0n) is 10.3. The first kappa shape index (κ1) is 11.5. The van der Waals surface area contributed by atoms with Crippen LogP contribution in [-0.2, 0) is 6.54 Å². The predicted octanol–water partition coefficient (Wildman–Crippen LogP) is 3.39. The van der Waals surface area contributed by atoms with Crippen molar-refractivity contribution in [2.45, 2.75) is 6.54 Å². The molecule has 3 nitrogen and oxygen atoms in total. The van der Waals surface area contributed by atoms with Crippen LogP contribution in [0.15, 0.2) is 60.8 Å². The standard InChI is InChI=1S/C16H13NO2/c18-16(19)14-7-6-13-8-9-17(15(13)10-14)11-12-4-2-1-3-5-12/h1-10H,11H2,(H,18,19). The topological polar surface area (TPSA) is 42.2 Å². The Morgan fingerprint density at radius 3 is 2.58 bits per heavy atom. The fourth-order valence-electron chi connectivity index (χ4n) is 2.23. The minimum atomic E-state index is -0.894. The van der Waals surface area contributed by atoms with E-state index in [1.54, 1.807) is 12.1 Å². The molecule has 0 atom stereocenters. The molecule has 0 unspecified atom stereocenters. The number of hydrogen-bond donors (Lipinski definition) is 1. The smallest absolute Gasteiger partial charge is 0.335 e. The summed E-state index contributed by atoms with van der Waals surface area (Å²) in [6.07, 6.45) is 1.99. The molecule has 0 aliphatic rings. The second kappa shape index (κ2) is 4.61. The van der Waals surface area contributed by atoms with Crippen LogP contribution in [0.1, 0.15) is 15.9 Å². The first-order chi connectivity index (χ1) is 9.24. The summed E-state index contributed by atoms with van der Waals surface area (Å²) in [6.45, 7) is 0.743. The zero-order chi connectivity index (χ0) is 13.2. The van der Waals surface area contributed by atoms with E-state index in [1.165, 1.54) is 5.56 Å². The van der Waals surface area contributed by atoms with Gasteiger partial charge in [0.1, 0.15) is 0 Å². The van der Waals surface area contributed by atoms with E-state index >= 15 is 0 Å². The monoisotopic (exact) mass is 251 g/mol. The van der Waals surface area contributed by atoms with Gasteiger partial charge >= 0.3 is 5.97 Å². The highest BCUT2D eigenvalue weighted by Gasteiger charge is 2.07. The highest BCUT2D eigenvalue weighted by atomic mass is 16.4. The lowest BCUT2D eigenvalue weighted by molar-refractivity contribution is 0.0697. The molecule has 3 heteroatoms. The molecule has 0 amide bonds. The first-order valence-electron chi connectivity index (χ1n) is 6.10. The van der Waals surface area contributed by atoms with Crippen molar-refractivity contribution in [2.24, 2.45) is 0 Å². The van der Waals surface area contributed by atoms with Crippen molar-refractivity contribution in [3.05, 3.63) is 71.9 Å². The average Bonchev–Trinajstić information content (AvgIpc) is 2.82. The van der Waals surface area contributed by atoms with Gasteiger partial charge in [-0.25, -0.2) is 4.79 Å². The van der Waals surface area contributed by atoms with Crippen LogP contribution in [0.5, 0.6) is 0 Å². The number of rotatable bonds is 3. The van der Waals surface area contributed by atoms with E-state index in [1.807, 2.05) is 36.5 Å². The maximum atomic E-state index is 11.0. The molecule has 0 radical (unpaired) electrons. The number of fused-ring (bicyclic) bond motifs is 1. The molecular weight excluding hydrogens is 238 g/mol. The number of aromatic nitrogens is 1. The summed E-state index contributed by atoms with van der Waals surface area (Å²) in [6, 6.07) is 17.3. The van der Waals surface area contributed by atoms with Crippen LogP contribution >= 0.6 is 0 Å². The Morgan fingerprint density at radius 2 is 1.84 bits per heavy atom. The molecule has 0 spiro atoms. The summed E-state index contributed by atoms with van der Waals surface area (Å²) >= 11 is 0. The molecule has 0 fully saturated rings. The third-order valence-corrected chi connectivity index (χ3v) is 3.22. The van der Waals surface area contributed by atoms with Crippen LogP contribution in [0, 0.1) is 0 Å². The van der Waals surface area contributed by atoms with Crippen LogP contribution in [0.2, 0.25) is 0 Å². The molecule has 1 aromatic heterocycles. The van der Waals surface area contributed by atoms with E-state index in [-0.39, 0.29) is 0 Å². The zero-order valence-corrected chi connectivity index (χ0v) is 10.3. The lowest BCUT2D eigenvalue weighted by Gasteiger charge is -2.06. The maximum Gasteiger partial charge on any atom is 0.335 e. The Labute approximate surface area is 110 Å². The Balaban J connectivity index is 2.04. The second-order valence-corrected chi connectivity index (χ2v) is 4.51. The SMILES string of the molecule is O=C(O)c1ccc2ccn(Cc3ccccc3)c2c1. The van der Waals surface area contributed by atoms with Gasteiger partial charge < -0.3 is 9.67 Å². The fourth-order valence-corrected chi connectivity index (χ4v) is 2.23. The summed E-state index contributed by atoms with van der Waals surface area (Å²) < 4.78 is 2.07. The van der Waals surface area contributed by atoms with Crippen molar-refractivity contribution >= 4 is 16.9 Å². The third kappa shape index (κ3) is 2.22. The van der Waals surface area contributed by atoms with Gasteiger partial charge in [0.05, 0.1) is 5.56 Å². The van der Waals surface area contributed by atoms with Gasteiger partial charge in [0, 0.05) is 18.3 Å². The molecule has 1 heterocycles. The lowest BCUT2D eigenvalue weighted by atomic mass is 10.1. The molecule has 94 valence electrons. The summed E-state index contributed by atoms with van der Waals surface area (Å²) in [7, 11) is 0. The average molecular weight is 251 g/mol. The summed E-state index contributed by atoms with van der Waals surface area (Å²) in [5.74, 6) is -0.894. The van der Waals surface area contributed by atoms with Crippen molar-refractivity contribution in [3.63, 3.8) is 0 Å². The molecule has 0 aliphatic heterocycles. The molecule has 3 rings (SSSR count). The second-order valence-electron chi connectivity index (χ2n) is 4.51. The summed E-state index contributed by atoms with van der Waals surface area (Å²) in [4.78, 5) is 11.0. The number of aromatic carboxylic acids is 1. The third-order valence-electron chi connectivity index (χ3n) is 3.22. The van der Waals surface area contributed by atoms with E-state index in [4.69, 9.17) is 5.11 Å². The first-order valence-corrected chi connectivity index (χ1v) is 6.10. The van der Waals surface area contributed by atoms with Crippen LogP contribution < -0.4 is 0 Å². The number of carboxylic acid groups (broad SMARTS) is 1. The Bertz CT molecular complexity index is 729. The molecule has 2 aromatic carbocycles. The molecule has 0 aliphatic carbocycles. The number of hydrogen-bond acceptors (Lipinski definition) is 1. The van der Waals surface area contributed by atoms with Gasteiger partial charge in [-0.15, -0.1) is 0 Å². The maximum absolute atomic E-state index is 11.0. The molecule has 19 heavy (non-hydrogen) atoms. The van der Waals surface area contributed by atoms with E-state index in [9.17, 15) is 4.79 Å². The van der Waals surface area contributed by atoms with Crippen molar-refractivity contribution in [2.75, 3.05) is 0 Å². The van der Waals surface area contributed by atoms with Gasteiger partial charge in [0.2, 0.25) is 0 Å². The van der Waals surface area contributed by atoms with Gasteiger partial charge in [-0.1, -0.05) is 36.4 Å². The Hall–Kier alpha value is -2.55. The van der Waals surface area contributed by atoms with Crippen LogP contribution in [-0.4, -0.2) is 15.6 Å². The predicted molar refractivity (Wildman–Crippen MR) is 74.4 cm³/mol. The molecule has 3 aromatic rings.